The predicted octanol–water partition coefficient (Wildman–Crippen LogP) is 2.07. The van der Waals surface area contributed by atoms with E-state index in [9.17, 15) is 23.1 Å². The predicted molar refractivity (Wildman–Crippen MR) is 112 cm³/mol. The van der Waals surface area contributed by atoms with Crippen LogP contribution in [0.4, 0.5) is 17.6 Å². The molecule has 11 heteroatoms. The first-order chi connectivity index (χ1) is 14.8. The zero-order valence-corrected chi connectivity index (χ0v) is 18.1. The molecule has 0 bridgehead atoms. The van der Waals surface area contributed by atoms with E-state index >= 15 is 4.39 Å². The summed E-state index contributed by atoms with van der Waals surface area (Å²) in [5.74, 6) is -3.59. The standard InChI is InChI=1S/C21H29F4N5O2/c1-9(2)30-8-14(20(28)32)10-4-11(6-12(5-10)21(23,24)25)17(22)13-7-15(31)18(29-3)16(13)19(26)27/h4-6,9,13-15,17,29-31H,7-8H2,1-3H3,(H3,26,27)(H2,28,32)/t13-,14-,15+,17?/m1/s1. The zero-order chi connectivity index (χ0) is 24.4. The summed E-state index contributed by atoms with van der Waals surface area (Å²) in [7, 11) is 1.47. The smallest absolute Gasteiger partial charge is 0.389 e. The average molecular weight is 459 g/mol. The van der Waals surface area contributed by atoms with Crippen molar-refractivity contribution in [3.05, 3.63) is 46.2 Å². The third kappa shape index (κ3) is 5.57. The van der Waals surface area contributed by atoms with Crippen molar-refractivity contribution in [1.82, 2.24) is 10.6 Å². The van der Waals surface area contributed by atoms with Gasteiger partial charge in [0.2, 0.25) is 5.91 Å². The first kappa shape index (κ1) is 25.6. The maximum atomic E-state index is 15.6. The van der Waals surface area contributed by atoms with Crippen LogP contribution in [0.15, 0.2) is 29.5 Å². The molecule has 0 saturated heterocycles. The largest absolute Gasteiger partial charge is 0.416 e. The molecule has 1 amide bonds. The molecular formula is C21H29F4N5O2. The molecule has 0 aliphatic heterocycles. The third-order valence-corrected chi connectivity index (χ3v) is 5.48. The molecule has 0 heterocycles. The number of hydrogen-bond acceptors (Lipinski definition) is 5. The average Bonchev–Trinajstić information content (AvgIpc) is 3.02. The summed E-state index contributed by atoms with van der Waals surface area (Å²) < 4.78 is 56.4. The summed E-state index contributed by atoms with van der Waals surface area (Å²) in [6.45, 7) is 3.58. The van der Waals surface area contributed by atoms with E-state index in [1.807, 2.05) is 0 Å². The number of aliphatic hydroxyl groups excluding tert-OH is 1. The number of hydrogen-bond donors (Lipinski definition) is 6. The van der Waals surface area contributed by atoms with Crippen molar-refractivity contribution in [1.29, 1.82) is 5.41 Å². The highest BCUT2D eigenvalue weighted by molar-refractivity contribution is 5.96. The van der Waals surface area contributed by atoms with Crippen molar-refractivity contribution in [3.8, 4) is 0 Å². The molecule has 178 valence electrons. The Kier molecular flexibility index (Phi) is 7.89. The maximum absolute atomic E-state index is 15.6. The van der Waals surface area contributed by atoms with Crippen molar-refractivity contribution in [3.63, 3.8) is 0 Å². The summed E-state index contributed by atoms with van der Waals surface area (Å²) in [6.07, 6.45) is -8.10. The van der Waals surface area contributed by atoms with Crippen LogP contribution in [-0.2, 0) is 11.0 Å². The lowest BCUT2D eigenvalue weighted by Crippen LogP contribution is -2.34. The van der Waals surface area contributed by atoms with Gasteiger partial charge in [-0.05, 0) is 29.7 Å². The van der Waals surface area contributed by atoms with Crippen LogP contribution in [0, 0.1) is 11.3 Å². The number of alkyl halides is 4. The Hall–Kier alpha value is -2.66. The number of halogens is 4. The van der Waals surface area contributed by atoms with Crippen LogP contribution in [0.3, 0.4) is 0 Å². The fourth-order valence-corrected chi connectivity index (χ4v) is 3.94. The highest BCUT2D eigenvalue weighted by Gasteiger charge is 2.41. The van der Waals surface area contributed by atoms with Crippen molar-refractivity contribution in [2.45, 2.75) is 50.7 Å². The van der Waals surface area contributed by atoms with Gasteiger partial charge in [-0.25, -0.2) is 4.39 Å². The molecule has 7 nitrogen and oxygen atoms in total. The Morgan fingerprint density at radius 1 is 1.25 bits per heavy atom. The molecule has 1 unspecified atom stereocenters. The topological polar surface area (TPSA) is 137 Å². The third-order valence-electron chi connectivity index (χ3n) is 5.48. The number of primary amides is 1. The van der Waals surface area contributed by atoms with Crippen LogP contribution in [0.25, 0.3) is 0 Å². The quantitative estimate of drug-likeness (QED) is 0.191. The van der Waals surface area contributed by atoms with Gasteiger partial charge in [0.1, 0.15) is 12.0 Å². The van der Waals surface area contributed by atoms with E-state index in [1.165, 1.54) is 13.1 Å². The van der Waals surface area contributed by atoms with Gasteiger partial charge in [-0.2, -0.15) is 13.2 Å². The van der Waals surface area contributed by atoms with E-state index in [-0.39, 0.29) is 41.4 Å². The van der Waals surface area contributed by atoms with Gasteiger partial charge < -0.3 is 27.2 Å². The minimum atomic E-state index is -4.79. The summed E-state index contributed by atoms with van der Waals surface area (Å²) in [5, 5.41) is 23.6. The summed E-state index contributed by atoms with van der Waals surface area (Å²) in [4.78, 5) is 12.0. The Balaban J connectivity index is 2.58. The molecule has 0 spiro atoms. The summed E-state index contributed by atoms with van der Waals surface area (Å²) in [6, 6.07) is 2.58. The molecular weight excluding hydrogens is 430 g/mol. The van der Waals surface area contributed by atoms with Crippen LogP contribution in [0.2, 0.25) is 0 Å². The van der Waals surface area contributed by atoms with Crippen LogP contribution in [0.5, 0.6) is 0 Å². The van der Waals surface area contributed by atoms with E-state index in [0.29, 0.717) is 6.07 Å². The number of amidine groups is 1. The van der Waals surface area contributed by atoms with E-state index < -0.39 is 47.6 Å². The number of likely N-dealkylation sites (N-methyl/N-ethyl adjacent to an activating group) is 1. The van der Waals surface area contributed by atoms with Gasteiger partial charge in [0.25, 0.3) is 0 Å². The summed E-state index contributed by atoms with van der Waals surface area (Å²) >= 11 is 0. The molecule has 2 rings (SSSR count). The highest BCUT2D eigenvalue weighted by Crippen LogP contribution is 2.43. The van der Waals surface area contributed by atoms with Gasteiger partial charge in [0, 0.05) is 36.8 Å². The number of benzene rings is 1. The van der Waals surface area contributed by atoms with Gasteiger partial charge in [-0.3, -0.25) is 10.2 Å². The van der Waals surface area contributed by atoms with Gasteiger partial charge in [0.15, 0.2) is 0 Å². The second-order valence-corrected chi connectivity index (χ2v) is 8.15. The molecule has 0 aromatic heterocycles. The van der Waals surface area contributed by atoms with Gasteiger partial charge >= 0.3 is 6.18 Å². The van der Waals surface area contributed by atoms with Crippen molar-refractivity contribution in [2.24, 2.45) is 17.4 Å². The molecule has 0 fully saturated rings. The molecule has 0 saturated carbocycles. The second kappa shape index (κ2) is 9.86. The first-order valence-corrected chi connectivity index (χ1v) is 10.1. The molecule has 1 aliphatic carbocycles. The minimum absolute atomic E-state index is 0.0133. The number of carbonyl (C=O) groups excluding carboxylic acids is 1. The molecule has 1 aromatic carbocycles. The van der Waals surface area contributed by atoms with Gasteiger partial charge in [-0.15, -0.1) is 0 Å². The van der Waals surface area contributed by atoms with E-state index in [0.717, 1.165) is 6.07 Å². The fraction of sp³-hybridized carbons (Fsp3) is 0.524. The lowest BCUT2D eigenvalue weighted by atomic mass is 9.86. The summed E-state index contributed by atoms with van der Waals surface area (Å²) in [5.41, 5.74) is 9.65. The Bertz CT molecular complexity index is 901. The minimum Gasteiger partial charge on any atom is -0.389 e. The maximum Gasteiger partial charge on any atom is 0.416 e. The van der Waals surface area contributed by atoms with E-state index in [2.05, 4.69) is 10.6 Å². The van der Waals surface area contributed by atoms with E-state index in [1.54, 1.807) is 13.8 Å². The molecule has 1 aliphatic rings. The highest BCUT2D eigenvalue weighted by atomic mass is 19.4. The van der Waals surface area contributed by atoms with Crippen LogP contribution in [-0.4, -0.2) is 42.6 Å². The monoisotopic (exact) mass is 459 g/mol. The van der Waals surface area contributed by atoms with Crippen molar-refractivity contribution < 1.29 is 27.5 Å². The Morgan fingerprint density at radius 2 is 1.84 bits per heavy atom. The molecule has 4 atom stereocenters. The number of aliphatic hydroxyl groups is 1. The first-order valence-electron chi connectivity index (χ1n) is 10.1. The molecule has 0 radical (unpaired) electrons. The zero-order valence-electron chi connectivity index (χ0n) is 18.1. The van der Waals surface area contributed by atoms with Crippen LogP contribution < -0.4 is 22.1 Å². The van der Waals surface area contributed by atoms with Crippen LogP contribution in [0.1, 0.15) is 49.0 Å². The number of amides is 1. The number of carbonyl (C=O) groups is 1. The van der Waals surface area contributed by atoms with E-state index in [4.69, 9.17) is 16.9 Å². The molecule has 32 heavy (non-hydrogen) atoms. The van der Waals surface area contributed by atoms with Gasteiger partial charge in [0.05, 0.1) is 17.6 Å². The normalized spacial score (nSPS) is 21.0. The lowest BCUT2D eigenvalue weighted by Gasteiger charge is -2.23. The fourth-order valence-electron chi connectivity index (χ4n) is 3.94. The molecule has 8 N–H and O–H groups in total. The van der Waals surface area contributed by atoms with Crippen LogP contribution >= 0.6 is 0 Å². The number of nitrogens with one attached hydrogen (secondary N) is 3. The second-order valence-electron chi connectivity index (χ2n) is 8.15. The Morgan fingerprint density at radius 3 is 2.31 bits per heavy atom. The Labute approximate surface area is 183 Å². The number of nitrogens with two attached hydrogens (primary N) is 2. The van der Waals surface area contributed by atoms with Gasteiger partial charge in [-0.1, -0.05) is 19.9 Å². The van der Waals surface area contributed by atoms with Crippen molar-refractivity contribution in [2.75, 3.05) is 13.6 Å². The SMILES string of the molecule is CNC1=C(C(=N)N)[C@H](C(F)c2cc([C@@H](CNC(C)C)C(N)=O)cc(C(F)(F)F)c2)C[C@@H]1O. The number of rotatable bonds is 9. The van der Waals surface area contributed by atoms with Crippen molar-refractivity contribution >= 4 is 11.7 Å². The lowest BCUT2D eigenvalue weighted by molar-refractivity contribution is -0.137. The molecule has 1 aromatic rings.